The van der Waals surface area contributed by atoms with E-state index in [9.17, 15) is 4.79 Å². The van der Waals surface area contributed by atoms with Crippen LogP contribution in [-0.2, 0) is 11.2 Å². The van der Waals surface area contributed by atoms with E-state index >= 15 is 0 Å². The summed E-state index contributed by atoms with van der Waals surface area (Å²) in [6, 6.07) is 6.06. The fourth-order valence-electron chi connectivity index (χ4n) is 1.84. The molecule has 3 nitrogen and oxygen atoms in total. The molecule has 0 bridgehead atoms. The number of rotatable bonds is 1. The van der Waals surface area contributed by atoms with Gasteiger partial charge in [-0.1, -0.05) is 17.7 Å². The molecule has 1 aliphatic heterocycles. The molecular weight excluding hydrogens is 176 g/mol. The summed E-state index contributed by atoms with van der Waals surface area (Å²) in [5, 5.41) is 6.94. The van der Waals surface area contributed by atoms with Crippen LogP contribution < -0.4 is 4.90 Å². The highest BCUT2D eigenvalue weighted by molar-refractivity contribution is 6.31. The molecule has 0 radical (unpaired) electrons. The minimum Gasteiger partial charge on any atom is -0.307 e. The number of anilines is 1. The normalized spacial score (nSPS) is 13.9. The molecule has 2 rings (SSSR count). The predicted octanol–water partition coefficient (Wildman–Crippen LogP) is 1.53. The van der Waals surface area contributed by atoms with Crippen LogP contribution in [0, 0.1) is 12.3 Å². The van der Waals surface area contributed by atoms with Gasteiger partial charge >= 0.3 is 0 Å². The van der Waals surface area contributed by atoms with Gasteiger partial charge in [-0.25, -0.2) is 0 Å². The highest BCUT2D eigenvalue weighted by Gasteiger charge is 2.22. The molecule has 14 heavy (non-hydrogen) atoms. The number of hydrogen-bond donors (Lipinski definition) is 1. The van der Waals surface area contributed by atoms with Gasteiger partial charge in [-0.2, -0.15) is 0 Å². The van der Waals surface area contributed by atoms with E-state index < -0.39 is 0 Å². The first-order valence-electron chi connectivity index (χ1n) is 4.64. The quantitative estimate of drug-likeness (QED) is 0.667. The van der Waals surface area contributed by atoms with Crippen LogP contribution in [0.1, 0.15) is 11.1 Å². The van der Waals surface area contributed by atoms with Crippen molar-refractivity contribution < 1.29 is 4.79 Å². The summed E-state index contributed by atoms with van der Waals surface area (Å²) in [4.78, 5) is 13.0. The van der Waals surface area contributed by atoms with Crippen LogP contribution in [0.3, 0.4) is 0 Å². The molecule has 3 heteroatoms. The molecule has 0 unspecified atom stereocenters. The molecule has 0 aromatic heterocycles. The van der Waals surface area contributed by atoms with Crippen molar-refractivity contribution in [3.63, 3.8) is 0 Å². The standard InChI is InChI=1S/C11H12N2O/c1-8-2-3-10-9(6-8)4-5-13(10)11(14)7-12/h2-3,6-7,12H,4-5H2,1H3. The Morgan fingerprint density at radius 2 is 2.36 bits per heavy atom. The van der Waals surface area contributed by atoms with Crippen LogP contribution in [0.2, 0.25) is 0 Å². The summed E-state index contributed by atoms with van der Waals surface area (Å²) >= 11 is 0. The number of hydrogen-bond acceptors (Lipinski definition) is 2. The van der Waals surface area contributed by atoms with E-state index in [4.69, 9.17) is 5.41 Å². The molecule has 1 N–H and O–H groups in total. The first-order chi connectivity index (χ1) is 6.72. The zero-order valence-corrected chi connectivity index (χ0v) is 8.08. The third-order valence-corrected chi connectivity index (χ3v) is 2.52. The smallest absolute Gasteiger partial charge is 0.268 e. The zero-order valence-electron chi connectivity index (χ0n) is 8.08. The van der Waals surface area contributed by atoms with Gasteiger partial charge in [0.2, 0.25) is 0 Å². The van der Waals surface area contributed by atoms with Crippen LogP contribution in [-0.4, -0.2) is 18.7 Å². The van der Waals surface area contributed by atoms with E-state index in [-0.39, 0.29) is 5.91 Å². The van der Waals surface area contributed by atoms with Gasteiger partial charge in [0.25, 0.3) is 5.91 Å². The molecule has 1 amide bonds. The van der Waals surface area contributed by atoms with Gasteiger partial charge in [0.05, 0.1) is 6.21 Å². The molecular formula is C11H12N2O. The summed E-state index contributed by atoms with van der Waals surface area (Å²) in [7, 11) is 0. The molecule has 0 atom stereocenters. The third kappa shape index (κ3) is 1.31. The van der Waals surface area contributed by atoms with E-state index in [1.807, 2.05) is 19.1 Å². The van der Waals surface area contributed by atoms with Crippen LogP contribution in [0.5, 0.6) is 0 Å². The molecule has 1 heterocycles. The largest absolute Gasteiger partial charge is 0.307 e. The maximum absolute atomic E-state index is 11.3. The van der Waals surface area contributed by atoms with Crippen molar-refractivity contribution in [1.82, 2.24) is 0 Å². The fraction of sp³-hybridized carbons (Fsp3) is 0.273. The van der Waals surface area contributed by atoms with Crippen molar-refractivity contribution in [2.45, 2.75) is 13.3 Å². The van der Waals surface area contributed by atoms with Gasteiger partial charge in [-0.15, -0.1) is 0 Å². The number of aryl methyl sites for hydroxylation is 1. The van der Waals surface area contributed by atoms with Gasteiger partial charge in [0, 0.05) is 12.2 Å². The highest BCUT2D eigenvalue weighted by Crippen LogP contribution is 2.28. The number of carbonyl (C=O) groups excluding carboxylic acids is 1. The van der Waals surface area contributed by atoms with E-state index in [2.05, 4.69) is 6.07 Å². The Morgan fingerprint density at radius 1 is 1.57 bits per heavy atom. The lowest BCUT2D eigenvalue weighted by atomic mass is 10.1. The van der Waals surface area contributed by atoms with E-state index in [1.165, 1.54) is 11.1 Å². The average Bonchev–Trinajstić information content (AvgIpc) is 2.59. The number of fused-ring (bicyclic) bond motifs is 1. The molecule has 0 aliphatic carbocycles. The Labute approximate surface area is 82.9 Å². The number of benzene rings is 1. The molecule has 0 saturated heterocycles. The van der Waals surface area contributed by atoms with Crippen LogP contribution in [0.15, 0.2) is 18.2 Å². The van der Waals surface area contributed by atoms with Crippen molar-refractivity contribution in [1.29, 1.82) is 5.41 Å². The Hall–Kier alpha value is -1.64. The molecule has 1 aromatic carbocycles. The summed E-state index contributed by atoms with van der Waals surface area (Å²) < 4.78 is 0. The molecule has 0 spiro atoms. The second kappa shape index (κ2) is 3.25. The van der Waals surface area contributed by atoms with E-state index in [1.54, 1.807) is 4.90 Å². The molecule has 0 fully saturated rings. The molecule has 0 saturated carbocycles. The topological polar surface area (TPSA) is 44.2 Å². The molecule has 1 aliphatic rings. The zero-order chi connectivity index (χ0) is 10.1. The van der Waals surface area contributed by atoms with Gasteiger partial charge in [-0.05, 0) is 25.0 Å². The van der Waals surface area contributed by atoms with Crippen molar-refractivity contribution in [2.24, 2.45) is 0 Å². The van der Waals surface area contributed by atoms with Crippen LogP contribution in [0.4, 0.5) is 5.69 Å². The lowest BCUT2D eigenvalue weighted by Crippen LogP contribution is -2.29. The summed E-state index contributed by atoms with van der Waals surface area (Å²) in [6.45, 7) is 2.74. The van der Waals surface area contributed by atoms with E-state index in [0.717, 1.165) is 18.3 Å². The summed E-state index contributed by atoms with van der Waals surface area (Å²) in [6.07, 6.45) is 1.77. The van der Waals surface area contributed by atoms with Crippen molar-refractivity contribution in [2.75, 3.05) is 11.4 Å². The Morgan fingerprint density at radius 3 is 3.07 bits per heavy atom. The van der Waals surface area contributed by atoms with Crippen molar-refractivity contribution in [3.05, 3.63) is 29.3 Å². The lowest BCUT2D eigenvalue weighted by Gasteiger charge is -2.14. The highest BCUT2D eigenvalue weighted by atomic mass is 16.2. The fourth-order valence-corrected chi connectivity index (χ4v) is 1.84. The number of nitrogens with one attached hydrogen (secondary N) is 1. The summed E-state index contributed by atoms with van der Waals surface area (Å²) in [5.74, 6) is -0.229. The molecule has 72 valence electrons. The second-order valence-electron chi connectivity index (χ2n) is 3.52. The number of amides is 1. The first-order valence-corrected chi connectivity index (χ1v) is 4.64. The Kier molecular flexibility index (Phi) is 2.08. The number of carbonyl (C=O) groups is 1. The summed E-state index contributed by atoms with van der Waals surface area (Å²) in [5.41, 5.74) is 3.39. The molecule has 1 aromatic rings. The van der Waals surface area contributed by atoms with Gasteiger partial charge in [0.15, 0.2) is 0 Å². The van der Waals surface area contributed by atoms with Crippen molar-refractivity contribution >= 4 is 17.8 Å². The first kappa shape index (κ1) is 8.94. The maximum Gasteiger partial charge on any atom is 0.268 e. The Bertz CT molecular complexity index is 398. The van der Waals surface area contributed by atoms with Gasteiger partial charge < -0.3 is 10.3 Å². The average molecular weight is 188 g/mol. The van der Waals surface area contributed by atoms with Crippen LogP contribution in [0.25, 0.3) is 0 Å². The minimum absolute atomic E-state index is 0.229. The monoisotopic (exact) mass is 188 g/mol. The van der Waals surface area contributed by atoms with E-state index in [0.29, 0.717) is 6.54 Å². The van der Waals surface area contributed by atoms with Crippen molar-refractivity contribution in [3.8, 4) is 0 Å². The SMILES string of the molecule is Cc1ccc2c(c1)CCN2C(=O)C=N. The second-order valence-corrected chi connectivity index (χ2v) is 3.52. The van der Waals surface area contributed by atoms with Crippen LogP contribution >= 0.6 is 0 Å². The minimum atomic E-state index is -0.229. The van der Waals surface area contributed by atoms with Gasteiger partial charge in [0.1, 0.15) is 0 Å². The predicted molar refractivity (Wildman–Crippen MR) is 56.0 cm³/mol. The van der Waals surface area contributed by atoms with Gasteiger partial charge in [-0.3, -0.25) is 4.79 Å². The Balaban J connectivity index is 2.40. The third-order valence-electron chi connectivity index (χ3n) is 2.52. The number of nitrogens with zero attached hydrogens (tertiary/aromatic N) is 1. The maximum atomic E-state index is 11.3. The lowest BCUT2D eigenvalue weighted by molar-refractivity contribution is -0.112.